The Hall–Kier alpha value is -1.97. The van der Waals surface area contributed by atoms with E-state index in [9.17, 15) is 10.1 Å². The summed E-state index contributed by atoms with van der Waals surface area (Å²) in [4.78, 5) is 13.2. The van der Waals surface area contributed by atoms with Crippen molar-refractivity contribution >= 4 is 28.9 Å². The minimum absolute atomic E-state index is 0.0241. The molecule has 0 aliphatic carbocycles. The molecule has 116 valence electrons. The summed E-state index contributed by atoms with van der Waals surface area (Å²) in [6.07, 6.45) is 0. The second-order valence-electron chi connectivity index (χ2n) is 4.58. The Morgan fingerprint density at radius 2 is 2.36 bits per heavy atom. The monoisotopic (exact) mass is 338 g/mol. The molecule has 22 heavy (non-hydrogen) atoms. The highest BCUT2D eigenvalue weighted by Gasteiger charge is 2.38. The van der Waals surface area contributed by atoms with Gasteiger partial charge in [-0.25, -0.2) is 4.79 Å². The lowest BCUT2D eigenvalue weighted by Crippen LogP contribution is -2.26. The molecule has 1 aliphatic heterocycles. The normalized spacial score (nSPS) is 18.0. The first kappa shape index (κ1) is 16.4. The number of nitrogens with two attached hydrogens (primary N) is 1. The number of ether oxygens (including phenoxy) is 2. The van der Waals surface area contributed by atoms with Gasteiger partial charge < -0.3 is 15.2 Å². The van der Waals surface area contributed by atoms with Crippen LogP contribution in [0.4, 0.5) is 0 Å². The van der Waals surface area contributed by atoms with Gasteiger partial charge in [0.05, 0.1) is 24.0 Å². The van der Waals surface area contributed by atoms with Crippen LogP contribution in [0.3, 0.4) is 0 Å². The maximum Gasteiger partial charge on any atom is 0.338 e. The van der Waals surface area contributed by atoms with Gasteiger partial charge in [-0.05, 0) is 30.9 Å². The highest BCUT2D eigenvalue weighted by atomic mass is 35.5. The molecule has 2 heterocycles. The van der Waals surface area contributed by atoms with Crippen LogP contribution < -0.4 is 5.73 Å². The molecule has 1 atom stereocenters. The molecule has 0 bridgehead atoms. The zero-order chi connectivity index (χ0) is 16.3. The van der Waals surface area contributed by atoms with Crippen molar-refractivity contribution in [3.63, 3.8) is 0 Å². The third kappa shape index (κ3) is 2.82. The van der Waals surface area contributed by atoms with Crippen molar-refractivity contribution in [2.75, 3.05) is 12.5 Å². The third-order valence-electron chi connectivity index (χ3n) is 3.28. The molecule has 0 saturated carbocycles. The quantitative estimate of drug-likeness (QED) is 0.674. The van der Waals surface area contributed by atoms with E-state index < -0.39 is 11.9 Å². The first-order chi connectivity index (χ1) is 10.5. The number of aryl methyl sites for hydroxylation is 1. The van der Waals surface area contributed by atoms with Gasteiger partial charge in [-0.15, -0.1) is 22.9 Å². The second-order valence-corrected chi connectivity index (χ2v) is 5.80. The summed E-state index contributed by atoms with van der Waals surface area (Å²) >= 11 is 7.34. The van der Waals surface area contributed by atoms with Crippen LogP contribution >= 0.6 is 22.9 Å². The van der Waals surface area contributed by atoms with E-state index in [2.05, 4.69) is 0 Å². The molecule has 0 amide bonds. The Labute approximate surface area is 137 Å². The Balaban J connectivity index is 2.65. The molecule has 2 rings (SSSR count). The van der Waals surface area contributed by atoms with Gasteiger partial charge in [0, 0.05) is 4.88 Å². The summed E-state index contributed by atoms with van der Waals surface area (Å²) in [5, 5.41) is 11.3. The van der Waals surface area contributed by atoms with Crippen molar-refractivity contribution in [1.29, 1.82) is 5.26 Å². The third-order valence-corrected chi connectivity index (χ3v) is 4.60. The van der Waals surface area contributed by atoms with E-state index in [0.717, 1.165) is 10.4 Å². The average Bonchev–Trinajstić information content (AvgIpc) is 2.91. The Morgan fingerprint density at radius 1 is 1.64 bits per heavy atom. The lowest BCUT2D eigenvalue weighted by atomic mass is 9.86. The summed E-state index contributed by atoms with van der Waals surface area (Å²) in [6, 6.07) is 3.96. The largest absolute Gasteiger partial charge is 0.463 e. The van der Waals surface area contributed by atoms with Crippen molar-refractivity contribution in [3.05, 3.63) is 44.7 Å². The number of allylic oxidation sites excluding steroid dienone is 2. The molecule has 1 aromatic rings. The zero-order valence-electron chi connectivity index (χ0n) is 12.2. The lowest BCUT2D eigenvalue weighted by molar-refractivity contribution is -0.139. The first-order valence-electron chi connectivity index (χ1n) is 6.62. The fourth-order valence-corrected chi connectivity index (χ4v) is 3.54. The van der Waals surface area contributed by atoms with Crippen LogP contribution in [0, 0.1) is 18.3 Å². The topological polar surface area (TPSA) is 85.3 Å². The Morgan fingerprint density at radius 3 is 2.86 bits per heavy atom. The maximum atomic E-state index is 12.4. The number of halogens is 1. The smallest absolute Gasteiger partial charge is 0.338 e. The fourth-order valence-electron chi connectivity index (χ4n) is 2.29. The van der Waals surface area contributed by atoms with E-state index >= 15 is 0 Å². The number of hydrogen-bond donors (Lipinski definition) is 1. The predicted octanol–water partition coefficient (Wildman–Crippen LogP) is 2.92. The maximum absolute atomic E-state index is 12.4. The minimum atomic E-state index is -0.605. The number of hydrogen-bond acceptors (Lipinski definition) is 6. The van der Waals surface area contributed by atoms with Crippen molar-refractivity contribution in [1.82, 2.24) is 0 Å². The van der Waals surface area contributed by atoms with Gasteiger partial charge in [0.25, 0.3) is 0 Å². The van der Waals surface area contributed by atoms with Gasteiger partial charge in [0.2, 0.25) is 5.88 Å². The van der Waals surface area contributed by atoms with Crippen LogP contribution in [0.15, 0.2) is 34.2 Å². The van der Waals surface area contributed by atoms with Crippen molar-refractivity contribution in [2.45, 2.75) is 19.8 Å². The number of nitrogens with zero attached hydrogens (tertiary/aromatic N) is 1. The van der Waals surface area contributed by atoms with Crippen LogP contribution in [-0.2, 0) is 14.3 Å². The molecule has 7 heteroatoms. The molecular formula is C15H15ClN2O3S. The molecule has 1 aliphatic rings. The van der Waals surface area contributed by atoms with Crippen molar-refractivity contribution < 1.29 is 14.3 Å². The number of carbonyl (C=O) groups is 1. The molecule has 0 radical (unpaired) electrons. The van der Waals surface area contributed by atoms with Crippen LogP contribution in [0.2, 0.25) is 0 Å². The van der Waals surface area contributed by atoms with Crippen LogP contribution in [0.5, 0.6) is 0 Å². The summed E-state index contributed by atoms with van der Waals surface area (Å²) in [7, 11) is 0. The zero-order valence-corrected chi connectivity index (χ0v) is 13.8. The Bertz CT molecular complexity index is 700. The molecular weight excluding hydrogens is 324 g/mol. The van der Waals surface area contributed by atoms with Gasteiger partial charge in [-0.1, -0.05) is 0 Å². The molecule has 1 aromatic heterocycles. The van der Waals surface area contributed by atoms with E-state index in [1.54, 1.807) is 6.92 Å². The van der Waals surface area contributed by atoms with Crippen molar-refractivity contribution in [2.24, 2.45) is 5.73 Å². The SMILES string of the molecule is CCOC(=O)C1=C(CCl)OC(N)=C(C#N)[C@H]1c1sccc1C. The van der Waals surface area contributed by atoms with E-state index in [1.807, 2.05) is 24.4 Å². The molecule has 0 spiro atoms. The van der Waals surface area contributed by atoms with Crippen LogP contribution in [0.1, 0.15) is 23.3 Å². The standard InChI is InChI=1S/C15H15ClN2O3S/c1-3-20-15(19)12-10(6-16)21-14(18)9(7-17)11(12)13-8(2)4-5-22-13/h4-5,11H,3,6,18H2,1-2H3/t11-/m1/s1. The second kappa shape index (κ2) is 6.86. The number of nitriles is 1. The van der Waals surface area contributed by atoms with Crippen molar-refractivity contribution in [3.8, 4) is 6.07 Å². The molecule has 0 fully saturated rings. The summed E-state index contributed by atoms with van der Waals surface area (Å²) < 4.78 is 10.5. The highest BCUT2D eigenvalue weighted by molar-refractivity contribution is 7.10. The molecule has 0 aromatic carbocycles. The van der Waals surface area contributed by atoms with Crippen LogP contribution in [0.25, 0.3) is 0 Å². The number of carbonyl (C=O) groups excluding carboxylic acids is 1. The first-order valence-corrected chi connectivity index (χ1v) is 8.04. The van der Waals surface area contributed by atoms with Gasteiger partial charge in [-0.3, -0.25) is 0 Å². The van der Waals surface area contributed by atoms with E-state index in [4.69, 9.17) is 26.8 Å². The summed E-state index contributed by atoms with van der Waals surface area (Å²) in [5.41, 5.74) is 7.24. The summed E-state index contributed by atoms with van der Waals surface area (Å²) in [6.45, 7) is 3.84. The minimum Gasteiger partial charge on any atom is -0.463 e. The number of thiophene rings is 1. The van der Waals surface area contributed by atoms with Gasteiger partial charge in [0.15, 0.2) is 0 Å². The fraction of sp³-hybridized carbons (Fsp3) is 0.333. The molecule has 0 saturated heterocycles. The summed E-state index contributed by atoms with van der Waals surface area (Å²) in [5.74, 6) is -0.977. The average molecular weight is 339 g/mol. The number of alkyl halides is 1. The van der Waals surface area contributed by atoms with Gasteiger partial charge in [0.1, 0.15) is 17.4 Å². The van der Waals surface area contributed by atoms with Gasteiger partial charge in [-0.2, -0.15) is 5.26 Å². The van der Waals surface area contributed by atoms with Gasteiger partial charge >= 0.3 is 5.97 Å². The van der Waals surface area contributed by atoms with E-state index in [1.165, 1.54) is 11.3 Å². The molecule has 5 nitrogen and oxygen atoms in total. The highest BCUT2D eigenvalue weighted by Crippen LogP contribution is 2.43. The lowest BCUT2D eigenvalue weighted by Gasteiger charge is -2.27. The van der Waals surface area contributed by atoms with E-state index in [-0.39, 0.29) is 35.3 Å². The number of rotatable bonds is 4. The van der Waals surface area contributed by atoms with E-state index in [0.29, 0.717) is 0 Å². The number of esters is 1. The van der Waals surface area contributed by atoms with Crippen LogP contribution in [-0.4, -0.2) is 18.5 Å². The Kier molecular flexibility index (Phi) is 5.11. The molecule has 0 unspecified atom stereocenters. The molecule has 2 N–H and O–H groups in total. The predicted molar refractivity (Wildman–Crippen MR) is 84.1 cm³/mol.